The number of aliphatic hydroxyl groups excluding tert-OH is 1. The number of methoxy groups -OCH3 is 1. The van der Waals surface area contributed by atoms with Gasteiger partial charge in [0.05, 0.1) is 19.6 Å². The highest BCUT2D eigenvalue weighted by Crippen LogP contribution is 2.14. The van der Waals surface area contributed by atoms with Gasteiger partial charge in [0.25, 0.3) is 0 Å². The Morgan fingerprint density at radius 3 is 2.65 bits per heavy atom. The normalized spacial score (nSPS) is 19.8. The summed E-state index contributed by atoms with van der Waals surface area (Å²) in [5.41, 5.74) is 1.17. The minimum atomic E-state index is -0.488. The first kappa shape index (κ1) is 11.9. The van der Waals surface area contributed by atoms with Crippen molar-refractivity contribution in [3.63, 3.8) is 0 Å². The molecule has 1 atom stereocenters. The number of ether oxygens (including phenoxy) is 1. The van der Waals surface area contributed by atoms with Crippen LogP contribution in [0.25, 0.3) is 0 Å². The largest absolute Gasteiger partial charge is 0.497 e. The van der Waals surface area contributed by atoms with Crippen LogP contribution in [0.15, 0.2) is 24.3 Å². The van der Waals surface area contributed by atoms with Gasteiger partial charge >= 0.3 is 0 Å². The maximum absolute atomic E-state index is 11.5. The van der Waals surface area contributed by atoms with Gasteiger partial charge in [0.15, 0.2) is 0 Å². The smallest absolute Gasteiger partial charge is 0.225 e. The fraction of sp³-hybridized carbons (Fsp3) is 0.462. The van der Waals surface area contributed by atoms with Crippen LogP contribution in [0, 0.1) is 0 Å². The fourth-order valence-electron chi connectivity index (χ4n) is 2.02. The SMILES string of the molecule is COc1ccc(CCN2CC(O)CC2=O)cc1. The number of benzene rings is 1. The fourth-order valence-corrected chi connectivity index (χ4v) is 2.02. The van der Waals surface area contributed by atoms with Gasteiger partial charge < -0.3 is 14.7 Å². The molecule has 1 aromatic carbocycles. The van der Waals surface area contributed by atoms with Crippen molar-refractivity contribution >= 4 is 5.91 Å². The lowest BCUT2D eigenvalue weighted by molar-refractivity contribution is -0.127. The Kier molecular flexibility index (Phi) is 3.64. The molecule has 1 amide bonds. The zero-order chi connectivity index (χ0) is 12.3. The van der Waals surface area contributed by atoms with Crippen molar-refractivity contribution in [1.29, 1.82) is 0 Å². The second-order valence-electron chi connectivity index (χ2n) is 4.30. The Morgan fingerprint density at radius 2 is 2.12 bits per heavy atom. The van der Waals surface area contributed by atoms with Crippen molar-refractivity contribution in [3.05, 3.63) is 29.8 Å². The van der Waals surface area contributed by atoms with Crippen LogP contribution in [0.4, 0.5) is 0 Å². The average Bonchev–Trinajstić information content (AvgIpc) is 2.66. The molecule has 0 spiro atoms. The predicted molar refractivity (Wildman–Crippen MR) is 63.9 cm³/mol. The van der Waals surface area contributed by atoms with Gasteiger partial charge in [-0.25, -0.2) is 0 Å². The Hall–Kier alpha value is -1.55. The van der Waals surface area contributed by atoms with Crippen LogP contribution in [0.1, 0.15) is 12.0 Å². The molecule has 1 aromatic rings. The van der Waals surface area contributed by atoms with Crippen molar-refractivity contribution in [2.24, 2.45) is 0 Å². The summed E-state index contributed by atoms with van der Waals surface area (Å²) in [5.74, 6) is 0.882. The van der Waals surface area contributed by atoms with Gasteiger partial charge in [0.1, 0.15) is 5.75 Å². The van der Waals surface area contributed by atoms with Crippen LogP contribution in [-0.4, -0.2) is 42.2 Å². The zero-order valence-corrected chi connectivity index (χ0v) is 9.93. The topological polar surface area (TPSA) is 49.8 Å². The Morgan fingerprint density at radius 1 is 1.41 bits per heavy atom. The number of likely N-dealkylation sites (tertiary alicyclic amines) is 1. The highest BCUT2D eigenvalue weighted by Gasteiger charge is 2.27. The highest BCUT2D eigenvalue weighted by molar-refractivity contribution is 5.79. The van der Waals surface area contributed by atoms with Gasteiger partial charge in [-0.05, 0) is 24.1 Å². The standard InChI is InChI=1S/C13H17NO3/c1-17-12-4-2-10(3-5-12)6-7-14-9-11(15)8-13(14)16/h2-5,11,15H,6-9H2,1H3. The molecule has 1 aliphatic heterocycles. The summed E-state index contributed by atoms with van der Waals surface area (Å²) in [6.07, 6.45) is 0.587. The third-order valence-corrected chi connectivity index (χ3v) is 3.02. The predicted octanol–water partition coefficient (Wildman–Crippen LogP) is 0.831. The first-order valence-corrected chi connectivity index (χ1v) is 5.78. The molecule has 0 aliphatic carbocycles. The highest BCUT2D eigenvalue weighted by atomic mass is 16.5. The maximum Gasteiger partial charge on any atom is 0.225 e. The molecule has 1 heterocycles. The van der Waals surface area contributed by atoms with Crippen molar-refractivity contribution < 1.29 is 14.6 Å². The van der Waals surface area contributed by atoms with Crippen LogP contribution in [0.5, 0.6) is 5.75 Å². The lowest BCUT2D eigenvalue weighted by Crippen LogP contribution is -2.28. The van der Waals surface area contributed by atoms with Crippen LogP contribution >= 0.6 is 0 Å². The molecule has 4 heteroatoms. The second kappa shape index (κ2) is 5.19. The lowest BCUT2D eigenvalue weighted by Gasteiger charge is -2.15. The van der Waals surface area contributed by atoms with Crippen molar-refractivity contribution in [2.75, 3.05) is 20.2 Å². The Balaban J connectivity index is 1.87. The second-order valence-corrected chi connectivity index (χ2v) is 4.30. The zero-order valence-electron chi connectivity index (χ0n) is 9.93. The van der Waals surface area contributed by atoms with Gasteiger partial charge in [-0.15, -0.1) is 0 Å². The molecule has 0 radical (unpaired) electrons. The van der Waals surface area contributed by atoms with Crippen molar-refractivity contribution in [1.82, 2.24) is 4.90 Å². The number of rotatable bonds is 4. The van der Waals surface area contributed by atoms with E-state index in [0.29, 0.717) is 13.1 Å². The van der Waals surface area contributed by atoms with Crippen LogP contribution in [-0.2, 0) is 11.2 Å². The number of nitrogens with zero attached hydrogens (tertiary/aromatic N) is 1. The van der Waals surface area contributed by atoms with Gasteiger partial charge in [-0.3, -0.25) is 4.79 Å². The molecule has 0 saturated carbocycles. The van der Waals surface area contributed by atoms with Gasteiger partial charge in [-0.1, -0.05) is 12.1 Å². The summed E-state index contributed by atoms with van der Waals surface area (Å²) >= 11 is 0. The van der Waals surface area contributed by atoms with E-state index in [9.17, 15) is 9.90 Å². The molecule has 1 N–H and O–H groups in total. The number of carbonyl (C=O) groups excluding carboxylic acids is 1. The van der Waals surface area contributed by atoms with E-state index in [4.69, 9.17) is 4.74 Å². The van der Waals surface area contributed by atoms with Gasteiger partial charge in [0, 0.05) is 13.1 Å². The quantitative estimate of drug-likeness (QED) is 0.841. The van der Waals surface area contributed by atoms with Crippen molar-refractivity contribution in [2.45, 2.75) is 18.9 Å². The molecule has 1 fully saturated rings. The lowest BCUT2D eigenvalue weighted by atomic mass is 10.1. The van der Waals surface area contributed by atoms with E-state index in [1.165, 1.54) is 5.56 Å². The monoisotopic (exact) mass is 235 g/mol. The molecule has 2 rings (SSSR count). The summed E-state index contributed by atoms with van der Waals surface area (Å²) in [7, 11) is 1.64. The first-order valence-electron chi connectivity index (χ1n) is 5.78. The molecule has 1 unspecified atom stereocenters. The summed E-state index contributed by atoms with van der Waals surface area (Å²) in [5, 5.41) is 9.36. The molecular weight excluding hydrogens is 218 g/mol. The Bertz CT molecular complexity index is 388. The number of aliphatic hydroxyl groups is 1. The maximum atomic E-state index is 11.5. The average molecular weight is 235 g/mol. The van der Waals surface area contributed by atoms with Gasteiger partial charge in [0.2, 0.25) is 5.91 Å². The van der Waals surface area contributed by atoms with Gasteiger partial charge in [-0.2, -0.15) is 0 Å². The summed E-state index contributed by atoms with van der Waals surface area (Å²) in [6.45, 7) is 1.14. The minimum Gasteiger partial charge on any atom is -0.497 e. The Labute approximate surface area is 101 Å². The third kappa shape index (κ3) is 2.97. The van der Waals surface area contributed by atoms with E-state index in [2.05, 4.69) is 0 Å². The summed E-state index contributed by atoms with van der Waals surface area (Å²) in [4.78, 5) is 13.2. The van der Waals surface area contributed by atoms with Crippen molar-refractivity contribution in [3.8, 4) is 5.75 Å². The summed E-state index contributed by atoms with van der Waals surface area (Å²) in [6, 6.07) is 7.82. The minimum absolute atomic E-state index is 0.0472. The molecular formula is C13H17NO3. The number of β-amino-alcohol motifs (C(OH)–C–C–N with tert-alkyl or cyclic N) is 1. The first-order chi connectivity index (χ1) is 8.19. The van der Waals surface area contributed by atoms with Crippen LogP contribution in [0.3, 0.4) is 0 Å². The molecule has 1 aliphatic rings. The van der Waals surface area contributed by atoms with E-state index in [-0.39, 0.29) is 12.3 Å². The van der Waals surface area contributed by atoms with E-state index >= 15 is 0 Å². The van der Waals surface area contributed by atoms with E-state index in [1.807, 2.05) is 24.3 Å². The van der Waals surface area contributed by atoms with Crippen LogP contribution in [0.2, 0.25) is 0 Å². The molecule has 92 valence electrons. The number of carbonyl (C=O) groups is 1. The summed E-state index contributed by atoms with van der Waals surface area (Å²) < 4.78 is 5.08. The van der Waals surface area contributed by atoms with E-state index in [0.717, 1.165) is 12.2 Å². The molecule has 4 nitrogen and oxygen atoms in total. The molecule has 17 heavy (non-hydrogen) atoms. The van der Waals surface area contributed by atoms with Crippen LogP contribution < -0.4 is 4.74 Å². The molecule has 0 aromatic heterocycles. The molecule has 1 saturated heterocycles. The number of hydrogen-bond acceptors (Lipinski definition) is 3. The number of amides is 1. The van der Waals surface area contributed by atoms with E-state index < -0.39 is 6.10 Å². The van der Waals surface area contributed by atoms with E-state index in [1.54, 1.807) is 12.0 Å². The third-order valence-electron chi connectivity index (χ3n) is 3.02. The number of hydrogen-bond donors (Lipinski definition) is 1. The molecule has 0 bridgehead atoms.